The van der Waals surface area contributed by atoms with Crippen LogP contribution in [0.25, 0.3) is 0 Å². The molecule has 0 aromatic carbocycles. The smallest absolute Gasteiger partial charge is 0.407 e. The van der Waals surface area contributed by atoms with Gasteiger partial charge in [0.2, 0.25) is 5.95 Å². The Hall–Kier alpha value is -2.05. The molecule has 1 heterocycles. The second-order valence-corrected chi connectivity index (χ2v) is 8.34. The Kier molecular flexibility index (Phi) is 6.67. The zero-order chi connectivity index (χ0) is 19.3. The zero-order valence-electron chi connectivity index (χ0n) is 16.9. The van der Waals surface area contributed by atoms with Gasteiger partial charge in [0, 0.05) is 38.4 Å². The number of hydrogen-bond donors (Lipinski definition) is 2. The molecular weight excluding hydrogens is 330 g/mol. The van der Waals surface area contributed by atoms with Gasteiger partial charge in [-0.15, -0.1) is 0 Å². The SMILES string of the molecule is Cc1cnc(NC[C@H]2CC[C@@H](NC(=O)OC(C)(C)C)CC2)nc1N(C)C. The highest BCUT2D eigenvalue weighted by atomic mass is 16.6. The van der Waals surface area contributed by atoms with Gasteiger partial charge in [-0.2, -0.15) is 4.98 Å². The third kappa shape index (κ3) is 6.35. The van der Waals surface area contributed by atoms with E-state index in [1.165, 1.54) is 0 Å². The van der Waals surface area contributed by atoms with Gasteiger partial charge in [-0.3, -0.25) is 0 Å². The Morgan fingerprint density at radius 1 is 1.27 bits per heavy atom. The minimum Gasteiger partial charge on any atom is -0.444 e. The normalized spacial score (nSPS) is 20.4. The summed E-state index contributed by atoms with van der Waals surface area (Å²) in [6, 6.07) is 0.206. The average Bonchev–Trinajstić information content (AvgIpc) is 2.53. The van der Waals surface area contributed by atoms with Crippen LogP contribution >= 0.6 is 0 Å². The Bertz CT molecular complexity index is 604. The number of amides is 1. The molecule has 1 aromatic heterocycles. The fourth-order valence-corrected chi connectivity index (χ4v) is 3.19. The van der Waals surface area contributed by atoms with Crippen LogP contribution in [0.2, 0.25) is 0 Å². The fraction of sp³-hybridized carbons (Fsp3) is 0.737. The van der Waals surface area contributed by atoms with Gasteiger partial charge in [0.1, 0.15) is 11.4 Å². The number of anilines is 2. The predicted molar refractivity (Wildman–Crippen MR) is 105 cm³/mol. The molecule has 26 heavy (non-hydrogen) atoms. The number of alkyl carbamates (subject to hydrolysis) is 1. The van der Waals surface area contributed by atoms with Crippen LogP contribution in [0, 0.1) is 12.8 Å². The Labute approximate surface area is 156 Å². The third-order valence-corrected chi connectivity index (χ3v) is 4.49. The molecule has 0 spiro atoms. The molecule has 7 nitrogen and oxygen atoms in total. The van der Waals surface area contributed by atoms with E-state index >= 15 is 0 Å². The number of nitrogens with one attached hydrogen (secondary N) is 2. The molecule has 0 atom stereocenters. The summed E-state index contributed by atoms with van der Waals surface area (Å²) in [5, 5.41) is 6.35. The van der Waals surface area contributed by atoms with Gasteiger partial charge >= 0.3 is 6.09 Å². The van der Waals surface area contributed by atoms with E-state index in [-0.39, 0.29) is 12.1 Å². The summed E-state index contributed by atoms with van der Waals surface area (Å²) in [5.41, 5.74) is 0.610. The van der Waals surface area contributed by atoms with Gasteiger partial charge in [0.25, 0.3) is 0 Å². The van der Waals surface area contributed by atoms with Gasteiger partial charge in [-0.25, -0.2) is 9.78 Å². The summed E-state index contributed by atoms with van der Waals surface area (Å²) in [5.74, 6) is 2.18. The minimum absolute atomic E-state index is 0.206. The molecule has 0 saturated heterocycles. The molecule has 0 radical (unpaired) electrons. The highest BCUT2D eigenvalue weighted by Gasteiger charge is 2.24. The number of nitrogens with zero attached hydrogens (tertiary/aromatic N) is 3. The maximum Gasteiger partial charge on any atom is 0.407 e. The molecule has 1 fully saturated rings. The molecule has 7 heteroatoms. The summed E-state index contributed by atoms with van der Waals surface area (Å²) >= 11 is 0. The van der Waals surface area contributed by atoms with Crippen molar-refractivity contribution in [2.45, 2.75) is 65.0 Å². The minimum atomic E-state index is -0.454. The first-order chi connectivity index (χ1) is 12.1. The van der Waals surface area contributed by atoms with Crippen molar-refractivity contribution >= 4 is 17.9 Å². The highest BCUT2D eigenvalue weighted by molar-refractivity contribution is 5.68. The summed E-state index contributed by atoms with van der Waals surface area (Å²) in [6.07, 6.45) is 5.63. The number of carbonyl (C=O) groups excluding carboxylic acids is 1. The number of aromatic nitrogens is 2. The van der Waals surface area contributed by atoms with Crippen molar-refractivity contribution < 1.29 is 9.53 Å². The molecule has 1 aliphatic rings. The number of aryl methyl sites for hydroxylation is 1. The largest absolute Gasteiger partial charge is 0.444 e. The van der Waals surface area contributed by atoms with Gasteiger partial charge < -0.3 is 20.3 Å². The van der Waals surface area contributed by atoms with Crippen LogP contribution in [0.15, 0.2) is 6.20 Å². The number of rotatable bonds is 5. The van der Waals surface area contributed by atoms with Crippen LogP contribution < -0.4 is 15.5 Å². The van der Waals surface area contributed by atoms with Crippen LogP contribution in [-0.2, 0) is 4.74 Å². The second kappa shape index (κ2) is 8.56. The molecule has 146 valence electrons. The molecule has 1 saturated carbocycles. The Balaban J connectivity index is 1.75. The molecule has 1 aliphatic carbocycles. The maximum atomic E-state index is 11.9. The Morgan fingerprint density at radius 3 is 2.50 bits per heavy atom. The number of carbonyl (C=O) groups is 1. The van der Waals surface area contributed by atoms with E-state index in [9.17, 15) is 4.79 Å². The van der Waals surface area contributed by atoms with Gasteiger partial charge in [-0.05, 0) is 59.3 Å². The fourth-order valence-electron chi connectivity index (χ4n) is 3.19. The van der Waals surface area contributed by atoms with E-state index in [0.29, 0.717) is 11.9 Å². The van der Waals surface area contributed by atoms with Crippen molar-refractivity contribution in [3.05, 3.63) is 11.8 Å². The first-order valence-corrected chi connectivity index (χ1v) is 9.38. The first kappa shape index (κ1) is 20.3. The van der Waals surface area contributed by atoms with Gasteiger partial charge in [0.05, 0.1) is 0 Å². The van der Waals surface area contributed by atoms with Crippen LogP contribution in [0.3, 0.4) is 0 Å². The first-order valence-electron chi connectivity index (χ1n) is 9.38. The summed E-state index contributed by atoms with van der Waals surface area (Å²) in [7, 11) is 3.97. The highest BCUT2D eigenvalue weighted by Crippen LogP contribution is 2.25. The maximum absolute atomic E-state index is 11.9. The van der Waals surface area contributed by atoms with Crippen molar-refractivity contribution in [3.8, 4) is 0 Å². The van der Waals surface area contributed by atoms with Crippen molar-refractivity contribution in [2.24, 2.45) is 5.92 Å². The lowest BCUT2D eigenvalue weighted by molar-refractivity contribution is 0.0488. The zero-order valence-corrected chi connectivity index (χ0v) is 16.9. The van der Waals surface area contributed by atoms with Crippen molar-refractivity contribution in [2.75, 3.05) is 30.9 Å². The van der Waals surface area contributed by atoms with Gasteiger partial charge in [-0.1, -0.05) is 0 Å². The molecular formula is C19H33N5O2. The van der Waals surface area contributed by atoms with E-state index in [4.69, 9.17) is 4.74 Å². The number of ether oxygens (including phenoxy) is 1. The predicted octanol–water partition coefficient (Wildman–Crippen LogP) is 3.35. The van der Waals surface area contributed by atoms with E-state index < -0.39 is 5.60 Å². The lowest BCUT2D eigenvalue weighted by atomic mass is 9.86. The van der Waals surface area contributed by atoms with Crippen LogP contribution in [0.1, 0.15) is 52.0 Å². The topological polar surface area (TPSA) is 79.4 Å². The lowest BCUT2D eigenvalue weighted by Crippen LogP contribution is -2.41. The molecule has 1 amide bonds. The molecule has 1 aromatic rings. The quantitative estimate of drug-likeness (QED) is 0.835. The summed E-state index contributed by atoms with van der Waals surface area (Å²) < 4.78 is 5.33. The standard InChI is InChI=1S/C19H33N5O2/c1-13-11-20-17(23-16(13)24(5)6)21-12-14-7-9-15(10-8-14)22-18(25)26-19(2,3)4/h11,14-15H,7-10,12H2,1-6H3,(H,22,25)(H,20,21,23)/t14-,15+. The summed E-state index contributed by atoms with van der Waals surface area (Å²) in [4.78, 5) is 22.8. The van der Waals surface area contributed by atoms with E-state index in [1.54, 1.807) is 0 Å². The third-order valence-electron chi connectivity index (χ3n) is 4.49. The molecule has 2 N–H and O–H groups in total. The van der Waals surface area contributed by atoms with Crippen molar-refractivity contribution in [1.29, 1.82) is 0 Å². The Morgan fingerprint density at radius 2 is 1.92 bits per heavy atom. The van der Waals surface area contributed by atoms with Crippen molar-refractivity contribution in [1.82, 2.24) is 15.3 Å². The molecule has 0 bridgehead atoms. The molecule has 2 rings (SSSR count). The van der Waals surface area contributed by atoms with E-state index in [0.717, 1.165) is 43.6 Å². The number of hydrogen-bond acceptors (Lipinski definition) is 6. The lowest BCUT2D eigenvalue weighted by Gasteiger charge is -2.30. The van der Waals surface area contributed by atoms with E-state index in [2.05, 4.69) is 20.6 Å². The van der Waals surface area contributed by atoms with Gasteiger partial charge in [0.15, 0.2) is 0 Å². The van der Waals surface area contributed by atoms with Crippen LogP contribution in [0.5, 0.6) is 0 Å². The monoisotopic (exact) mass is 363 g/mol. The average molecular weight is 364 g/mol. The van der Waals surface area contributed by atoms with Crippen LogP contribution in [-0.4, -0.2) is 48.3 Å². The van der Waals surface area contributed by atoms with Crippen LogP contribution in [0.4, 0.5) is 16.6 Å². The van der Waals surface area contributed by atoms with Crippen molar-refractivity contribution in [3.63, 3.8) is 0 Å². The molecule has 0 unspecified atom stereocenters. The summed E-state index contributed by atoms with van der Waals surface area (Å²) in [6.45, 7) is 8.51. The molecule has 0 aliphatic heterocycles. The van der Waals surface area contributed by atoms with E-state index in [1.807, 2.05) is 52.9 Å². The second-order valence-electron chi connectivity index (χ2n) is 8.34.